The first kappa shape index (κ1) is 25.3. The third-order valence-electron chi connectivity index (χ3n) is 5.15. The highest BCUT2D eigenvalue weighted by Crippen LogP contribution is 2.26. The van der Waals surface area contributed by atoms with Crippen molar-refractivity contribution in [2.45, 2.75) is 32.8 Å². The molecule has 3 N–H and O–H groups in total. The maximum atomic E-state index is 12.3. The summed E-state index contributed by atoms with van der Waals surface area (Å²) < 4.78 is 16.3. The first-order valence-corrected chi connectivity index (χ1v) is 11.7. The maximum absolute atomic E-state index is 12.3. The highest BCUT2D eigenvalue weighted by atomic mass is 16.5. The Kier molecular flexibility index (Phi) is 7.73. The summed E-state index contributed by atoms with van der Waals surface area (Å²) in [6, 6.07) is 24.5. The van der Waals surface area contributed by atoms with E-state index in [-0.39, 0.29) is 12.0 Å². The Morgan fingerprint density at radius 2 is 1.41 bits per heavy atom. The van der Waals surface area contributed by atoms with Crippen LogP contribution in [0.25, 0.3) is 0 Å². The van der Waals surface area contributed by atoms with Crippen molar-refractivity contribution in [2.75, 3.05) is 16.0 Å². The zero-order valence-corrected chi connectivity index (χ0v) is 20.8. The average molecular weight is 501 g/mol. The summed E-state index contributed by atoms with van der Waals surface area (Å²) in [5, 5.41) is 11.9. The number of urea groups is 1. The minimum atomic E-state index is -0.539. The largest absolute Gasteiger partial charge is 0.457 e. The lowest BCUT2D eigenvalue weighted by molar-refractivity contribution is 0.155. The topological polar surface area (TPSA) is 115 Å². The lowest BCUT2D eigenvalue weighted by atomic mass is 9.93. The summed E-state index contributed by atoms with van der Waals surface area (Å²) in [6.45, 7) is 6.18. The third kappa shape index (κ3) is 7.60. The van der Waals surface area contributed by atoms with Gasteiger partial charge in [-0.3, -0.25) is 10.6 Å². The number of ether oxygens (including phenoxy) is 2. The number of aromatic nitrogens is 1. The lowest BCUT2D eigenvalue weighted by Gasteiger charge is -2.12. The van der Waals surface area contributed by atoms with Gasteiger partial charge in [0.25, 0.3) is 0 Å². The van der Waals surface area contributed by atoms with E-state index in [0.29, 0.717) is 34.5 Å². The Labute approximate surface area is 214 Å². The molecule has 4 aromatic rings. The highest BCUT2D eigenvalue weighted by Gasteiger charge is 2.20. The van der Waals surface area contributed by atoms with Crippen molar-refractivity contribution in [1.82, 2.24) is 5.16 Å². The summed E-state index contributed by atoms with van der Waals surface area (Å²) >= 11 is 0. The second-order valence-corrected chi connectivity index (χ2v) is 9.24. The van der Waals surface area contributed by atoms with Crippen molar-refractivity contribution < 1.29 is 23.6 Å². The van der Waals surface area contributed by atoms with Crippen molar-refractivity contribution in [2.24, 2.45) is 0 Å². The summed E-state index contributed by atoms with van der Waals surface area (Å²) in [5.74, 6) is 2.18. The number of carbonyl (C=O) groups excluding carboxylic acids is 2. The van der Waals surface area contributed by atoms with Gasteiger partial charge in [0, 0.05) is 22.9 Å². The summed E-state index contributed by atoms with van der Waals surface area (Å²) in [4.78, 5) is 24.3. The van der Waals surface area contributed by atoms with E-state index in [2.05, 4.69) is 21.1 Å². The van der Waals surface area contributed by atoms with E-state index < -0.39 is 12.1 Å². The molecule has 0 spiro atoms. The maximum Gasteiger partial charge on any atom is 0.411 e. The minimum Gasteiger partial charge on any atom is -0.457 e. The molecule has 37 heavy (non-hydrogen) atoms. The van der Waals surface area contributed by atoms with Crippen molar-refractivity contribution in [3.8, 4) is 11.5 Å². The molecule has 4 rings (SSSR count). The van der Waals surface area contributed by atoms with Gasteiger partial charge in [0.15, 0.2) is 5.82 Å². The Hall–Kier alpha value is -4.79. The quantitative estimate of drug-likeness (QED) is 0.248. The average Bonchev–Trinajstić information content (AvgIpc) is 3.35. The van der Waals surface area contributed by atoms with E-state index >= 15 is 0 Å². The van der Waals surface area contributed by atoms with Crippen LogP contribution in [-0.2, 0) is 16.8 Å². The SMILES string of the molecule is CC(C)(C)c1cc(NC(=O)Nc2ccc(Oc3ccc(NC(=O)OCc4ccccc4)cc3)cc2)no1. The molecule has 1 heterocycles. The molecule has 9 nitrogen and oxygen atoms in total. The zero-order chi connectivity index (χ0) is 26.3. The molecule has 0 saturated heterocycles. The second kappa shape index (κ2) is 11.3. The lowest BCUT2D eigenvalue weighted by Crippen LogP contribution is -2.19. The van der Waals surface area contributed by atoms with Gasteiger partial charge in [0.1, 0.15) is 23.9 Å². The molecular formula is C28H28N4O5. The molecule has 190 valence electrons. The van der Waals surface area contributed by atoms with Gasteiger partial charge in [-0.15, -0.1) is 0 Å². The molecule has 0 radical (unpaired) electrons. The van der Waals surface area contributed by atoms with E-state index in [1.165, 1.54) is 0 Å². The summed E-state index contributed by atoms with van der Waals surface area (Å²) in [5.41, 5.74) is 1.87. The van der Waals surface area contributed by atoms with Crippen molar-refractivity contribution in [1.29, 1.82) is 0 Å². The van der Waals surface area contributed by atoms with Crippen LogP contribution in [0.1, 0.15) is 32.1 Å². The second-order valence-electron chi connectivity index (χ2n) is 9.24. The van der Waals surface area contributed by atoms with Crippen molar-refractivity contribution in [3.63, 3.8) is 0 Å². The smallest absolute Gasteiger partial charge is 0.411 e. The fourth-order valence-electron chi connectivity index (χ4n) is 3.19. The van der Waals surface area contributed by atoms with Crippen LogP contribution in [0.5, 0.6) is 11.5 Å². The molecule has 9 heteroatoms. The molecule has 0 saturated carbocycles. The van der Waals surface area contributed by atoms with Gasteiger partial charge in [-0.25, -0.2) is 9.59 Å². The van der Waals surface area contributed by atoms with Gasteiger partial charge < -0.3 is 19.3 Å². The van der Waals surface area contributed by atoms with Gasteiger partial charge in [-0.1, -0.05) is 56.3 Å². The molecule has 0 aliphatic carbocycles. The predicted molar refractivity (Wildman–Crippen MR) is 141 cm³/mol. The van der Waals surface area contributed by atoms with Crippen LogP contribution in [-0.4, -0.2) is 17.3 Å². The standard InChI is InChI=1S/C28H28N4O5/c1-28(2,3)24-17-25(32-37-24)31-26(33)29-20-9-13-22(14-10-20)36-23-15-11-21(12-16-23)30-27(34)35-18-19-7-5-4-6-8-19/h4-17H,18H2,1-3H3,(H,30,34)(H2,29,31,32,33). The zero-order valence-electron chi connectivity index (χ0n) is 20.8. The molecule has 3 aromatic carbocycles. The fourth-order valence-corrected chi connectivity index (χ4v) is 3.19. The Bertz CT molecular complexity index is 1330. The molecule has 0 atom stereocenters. The van der Waals surface area contributed by atoms with Gasteiger partial charge in [-0.2, -0.15) is 0 Å². The van der Waals surface area contributed by atoms with Crippen LogP contribution in [0.3, 0.4) is 0 Å². The molecule has 0 unspecified atom stereocenters. The molecule has 0 bridgehead atoms. The minimum absolute atomic E-state index is 0.193. The van der Waals surface area contributed by atoms with Gasteiger partial charge in [-0.05, 0) is 54.1 Å². The predicted octanol–water partition coefficient (Wildman–Crippen LogP) is 7.16. The van der Waals surface area contributed by atoms with E-state index in [4.69, 9.17) is 14.0 Å². The Morgan fingerprint density at radius 1 is 0.811 bits per heavy atom. The number of hydrogen-bond acceptors (Lipinski definition) is 6. The first-order chi connectivity index (χ1) is 17.7. The number of amides is 3. The number of nitrogens with zero attached hydrogens (tertiary/aromatic N) is 1. The molecule has 1 aromatic heterocycles. The van der Waals surface area contributed by atoms with Crippen LogP contribution in [0.15, 0.2) is 89.5 Å². The molecule has 0 fully saturated rings. The van der Waals surface area contributed by atoms with Gasteiger partial charge >= 0.3 is 12.1 Å². The molecule has 3 amide bonds. The van der Waals surface area contributed by atoms with Gasteiger partial charge in [0.2, 0.25) is 0 Å². The molecule has 0 aliphatic rings. The van der Waals surface area contributed by atoms with Gasteiger partial charge in [0.05, 0.1) is 0 Å². The van der Waals surface area contributed by atoms with E-state index in [0.717, 1.165) is 5.56 Å². The first-order valence-electron chi connectivity index (χ1n) is 11.7. The van der Waals surface area contributed by atoms with Crippen LogP contribution in [0.4, 0.5) is 26.8 Å². The summed E-state index contributed by atoms with van der Waals surface area (Å²) in [6.07, 6.45) is -0.539. The van der Waals surface area contributed by atoms with E-state index in [1.807, 2.05) is 51.1 Å². The van der Waals surface area contributed by atoms with Crippen molar-refractivity contribution >= 4 is 29.3 Å². The number of nitrogens with one attached hydrogen (secondary N) is 3. The monoisotopic (exact) mass is 500 g/mol. The number of hydrogen-bond donors (Lipinski definition) is 3. The third-order valence-corrected chi connectivity index (χ3v) is 5.15. The highest BCUT2D eigenvalue weighted by molar-refractivity contribution is 5.99. The fraction of sp³-hybridized carbons (Fsp3) is 0.179. The van der Waals surface area contributed by atoms with E-state index in [1.54, 1.807) is 54.6 Å². The van der Waals surface area contributed by atoms with Crippen LogP contribution in [0.2, 0.25) is 0 Å². The number of anilines is 3. The molecular weight excluding hydrogens is 472 g/mol. The number of rotatable bonds is 7. The number of carbonyl (C=O) groups is 2. The van der Waals surface area contributed by atoms with Crippen LogP contribution >= 0.6 is 0 Å². The Morgan fingerprint density at radius 3 is 1.97 bits per heavy atom. The van der Waals surface area contributed by atoms with Crippen molar-refractivity contribution in [3.05, 3.63) is 96.3 Å². The van der Waals surface area contributed by atoms with Crippen LogP contribution < -0.4 is 20.7 Å². The number of benzene rings is 3. The van der Waals surface area contributed by atoms with Crippen LogP contribution in [0, 0.1) is 0 Å². The van der Waals surface area contributed by atoms with E-state index in [9.17, 15) is 9.59 Å². The molecule has 0 aliphatic heterocycles. The normalized spacial score (nSPS) is 10.9. The summed E-state index contributed by atoms with van der Waals surface area (Å²) in [7, 11) is 0. The Balaban J connectivity index is 1.24.